The third-order valence-corrected chi connectivity index (χ3v) is 3.23. The molecule has 1 aromatic carbocycles. The minimum absolute atomic E-state index is 0.207. The summed E-state index contributed by atoms with van der Waals surface area (Å²) >= 11 is 0. The number of nitrogens with one attached hydrogen (secondary N) is 3. The van der Waals surface area contributed by atoms with Crippen molar-refractivity contribution >= 4 is 5.95 Å². The molecule has 0 aliphatic heterocycles. The van der Waals surface area contributed by atoms with Crippen molar-refractivity contribution in [2.75, 3.05) is 5.32 Å². The van der Waals surface area contributed by atoms with Crippen molar-refractivity contribution in [3.63, 3.8) is 0 Å². The lowest BCUT2D eigenvalue weighted by Crippen LogP contribution is -2.13. The van der Waals surface area contributed by atoms with Gasteiger partial charge in [0.05, 0.1) is 11.4 Å². The minimum Gasteiger partial charge on any atom is -0.352 e. The standard InChI is InChI=1S/C15H15N5O/c1-10-4-2-3-5-11(10)9-16-15-18-13(8-14(21)19-15)12-6-7-17-20-12/h2-8H,9H2,1H3,(H,17,20)(H2,16,18,19,21). The van der Waals surface area contributed by atoms with Crippen LogP contribution >= 0.6 is 0 Å². The van der Waals surface area contributed by atoms with E-state index in [1.165, 1.54) is 11.6 Å². The Kier molecular flexibility index (Phi) is 3.51. The van der Waals surface area contributed by atoms with Gasteiger partial charge in [-0.3, -0.25) is 14.9 Å². The molecule has 21 heavy (non-hydrogen) atoms. The van der Waals surface area contributed by atoms with E-state index in [1.807, 2.05) is 31.2 Å². The topological polar surface area (TPSA) is 86.5 Å². The number of hydrogen-bond donors (Lipinski definition) is 3. The molecule has 0 saturated heterocycles. The summed E-state index contributed by atoms with van der Waals surface area (Å²) in [6.07, 6.45) is 1.62. The van der Waals surface area contributed by atoms with Crippen LogP contribution in [0, 0.1) is 6.92 Å². The minimum atomic E-state index is -0.207. The summed E-state index contributed by atoms with van der Waals surface area (Å²) in [5.74, 6) is 0.440. The normalized spacial score (nSPS) is 10.5. The Balaban J connectivity index is 1.83. The summed E-state index contributed by atoms with van der Waals surface area (Å²) < 4.78 is 0. The van der Waals surface area contributed by atoms with Gasteiger partial charge < -0.3 is 5.32 Å². The number of hydrogen-bond acceptors (Lipinski definition) is 4. The predicted molar refractivity (Wildman–Crippen MR) is 80.9 cm³/mol. The number of anilines is 1. The van der Waals surface area contributed by atoms with Crippen LogP contribution in [-0.2, 0) is 6.54 Å². The van der Waals surface area contributed by atoms with E-state index in [2.05, 4.69) is 25.5 Å². The van der Waals surface area contributed by atoms with Crippen molar-refractivity contribution < 1.29 is 0 Å². The zero-order valence-corrected chi connectivity index (χ0v) is 11.6. The van der Waals surface area contributed by atoms with Crippen molar-refractivity contribution in [2.24, 2.45) is 0 Å². The summed E-state index contributed by atoms with van der Waals surface area (Å²) in [5, 5.41) is 9.81. The van der Waals surface area contributed by atoms with Gasteiger partial charge in [-0.25, -0.2) is 4.98 Å². The molecule has 3 rings (SSSR count). The van der Waals surface area contributed by atoms with E-state index in [9.17, 15) is 4.79 Å². The molecule has 106 valence electrons. The predicted octanol–water partition coefficient (Wildman–Crippen LogP) is 2.08. The first-order chi connectivity index (χ1) is 10.2. The van der Waals surface area contributed by atoms with Crippen molar-refractivity contribution in [3.8, 4) is 11.4 Å². The van der Waals surface area contributed by atoms with Gasteiger partial charge in [0.2, 0.25) is 5.95 Å². The average Bonchev–Trinajstić information content (AvgIpc) is 3.00. The van der Waals surface area contributed by atoms with Gasteiger partial charge in [0, 0.05) is 18.8 Å². The highest BCUT2D eigenvalue weighted by Crippen LogP contribution is 2.13. The highest BCUT2D eigenvalue weighted by molar-refractivity contribution is 5.54. The van der Waals surface area contributed by atoms with Crippen LogP contribution in [0.1, 0.15) is 11.1 Å². The molecule has 0 amide bonds. The fraction of sp³-hybridized carbons (Fsp3) is 0.133. The lowest BCUT2D eigenvalue weighted by Gasteiger charge is -2.08. The Bertz CT molecular complexity index is 792. The van der Waals surface area contributed by atoms with Gasteiger partial charge >= 0.3 is 0 Å². The fourth-order valence-electron chi connectivity index (χ4n) is 2.07. The average molecular weight is 281 g/mol. The zero-order valence-electron chi connectivity index (χ0n) is 11.6. The van der Waals surface area contributed by atoms with Gasteiger partial charge in [-0.1, -0.05) is 24.3 Å². The summed E-state index contributed by atoms with van der Waals surface area (Å²) in [7, 11) is 0. The lowest BCUT2D eigenvalue weighted by molar-refractivity contribution is 1.02. The fourth-order valence-corrected chi connectivity index (χ4v) is 2.07. The Hall–Kier alpha value is -2.89. The third kappa shape index (κ3) is 3.00. The molecule has 6 nitrogen and oxygen atoms in total. The van der Waals surface area contributed by atoms with E-state index in [1.54, 1.807) is 12.3 Å². The van der Waals surface area contributed by atoms with Crippen molar-refractivity contribution in [1.29, 1.82) is 0 Å². The molecule has 0 aliphatic carbocycles. The number of H-pyrrole nitrogens is 2. The van der Waals surface area contributed by atoms with E-state index in [0.717, 1.165) is 5.56 Å². The molecule has 0 atom stereocenters. The number of nitrogens with zero attached hydrogens (tertiary/aromatic N) is 2. The molecule has 0 unspecified atom stereocenters. The summed E-state index contributed by atoms with van der Waals surface area (Å²) in [4.78, 5) is 18.8. The molecule has 2 heterocycles. The first-order valence-electron chi connectivity index (χ1n) is 6.62. The zero-order chi connectivity index (χ0) is 14.7. The molecule has 0 fully saturated rings. The van der Waals surface area contributed by atoms with Crippen LogP contribution in [0.5, 0.6) is 0 Å². The van der Waals surface area contributed by atoms with Gasteiger partial charge in [-0.15, -0.1) is 0 Å². The van der Waals surface area contributed by atoms with Crippen LogP contribution in [0.2, 0.25) is 0 Å². The lowest BCUT2D eigenvalue weighted by atomic mass is 10.1. The van der Waals surface area contributed by atoms with Crippen molar-refractivity contribution in [1.82, 2.24) is 20.2 Å². The van der Waals surface area contributed by atoms with Gasteiger partial charge in [0.25, 0.3) is 5.56 Å². The maximum Gasteiger partial charge on any atom is 0.252 e. The van der Waals surface area contributed by atoms with Crippen LogP contribution in [0.15, 0.2) is 47.4 Å². The van der Waals surface area contributed by atoms with Crippen molar-refractivity contribution in [3.05, 3.63) is 64.1 Å². The number of benzene rings is 1. The molecule has 3 N–H and O–H groups in total. The summed E-state index contributed by atoms with van der Waals surface area (Å²) in [5.41, 5.74) is 3.41. The van der Waals surface area contributed by atoms with Crippen LogP contribution in [-0.4, -0.2) is 20.2 Å². The number of rotatable bonds is 4. The molecule has 3 aromatic rings. The molecule has 0 saturated carbocycles. The first-order valence-corrected chi connectivity index (χ1v) is 6.62. The van der Waals surface area contributed by atoms with E-state index in [0.29, 0.717) is 23.9 Å². The van der Waals surface area contributed by atoms with Gasteiger partial charge in [0.15, 0.2) is 0 Å². The molecule has 0 bridgehead atoms. The highest BCUT2D eigenvalue weighted by atomic mass is 16.1. The molecule has 6 heteroatoms. The largest absolute Gasteiger partial charge is 0.352 e. The molecular formula is C15H15N5O. The van der Waals surface area contributed by atoms with Crippen LogP contribution < -0.4 is 10.9 Å². The second-order valence-electron chi connectivity index (χ2n) is 4.73. The number of aromatic nitrogens is 4. The van der Waals surface area contributed by atoms with E-state index < -0.39 is 0 Å². The van der Waals surface area contributed by atoms with Crippen molar-refractivity contribution in [2.45, 2.75) is 13.5 Å². The van der Waals surface area contributed by atoms with E-state index in [4.69, 9.17) is 0 Å². The maximum absolute atomic E-state index is 11.7. The van der Waals surface area contributed by atoms with Gasteiger partial charge in [0.1, 0.15) is 0 Å². The van der Waals surface area contributed by atoms with Crippen LogP contribution in [0.3, 0.4) is 0 Å². The SMILES string of the molecule is Cc1ccccc1CNc1nc(-c2ccn[nH]2)cc(=O)[nH]1. The second-order valence-corrected chi connectivity index (χ2v) is 4.73. The highest BCUT2D eigenvalue weighted by Gasteiger charge is 2.05. The summed E-state index contributed by atoms with van der Waals surface area (Å²) in [6.45, 7) is 2.65. The monoisotopic (exact) mass is 281 g/mol. The van der Waals surface area contributed by atoms with E-state index in [-0.39, 0.29) is 5.56 Å². The van der Waals surface area contributed by atoms with E-state index >= 15 is 0 Å². The Morgan fingerprint density at radius 1 is 1.24 bits per heavy atom. The quantitative estimate of drug-likeness (QED) is 0.683. The third-order valence-electron chi connectivity index (χ3n) is 3.23. The first kappa shape index (κ1) is 13.1. The summed E-state index contributed by atoms with van der Waals surface area (Å²) in [6, 6.07) is 11.3. The smallest absolute Gasteiger partial charge is 0.252 e. The Morgan fingerprint density at radius 3 is 2.86 bits per heavy atom. The van der Waals surface area contributed by atoms with Gasteiger partial charge in [-0.2, -0.15) is 5.10 Å². The Morgan fingerprint density at radius 2 is 2.10 bits per heavy atom. The molecular weight excluding hydrogens is 266 g/mol. The molecule has 0 radical (unpaired) electrons. The number of aromatic amines is 2. The van der Waals surface area contributed by atoms with Gasteiger partial charge in [-0.05, 0) is 24.1 Å². The number of aryl methyl sites for hydroxylation is 1. The van der Waals surface area contributed by atoms with Crippen LogP contribution in [0.4, 0.5) is 5.95 Å². The molecule has 0 spiro atoms. The second kappa shape index (κ2) is 5.62. The molecule has 2 aromatic heterocycles. The Labute approximate surface area is 121 Å². The molecule has 0 aliphatic rings. The van der Waals surface area contributed by atoms with Crippen LogP contribution in [0.25, 0.3) is 11.4 Å². The maximum atomic E-state index is 11.7.